The lowest BCUT2D eigenvalue weighted by atomic mass is 10.0. The van der Waals surface area contributed by atoms with Gasteiger partial charge in [0.1, 0.15) is 6.04 Å². The van der Waals surface area contributed by atoms with E-state index in [9.17, 15) is 9.59 Å². The summed E-state index contributed by atoms with van der Waals surface area (Å²) >= 11 is 0. The molecule has 0 saturated heterocycles. The molecule has 0 saturated carbocycles. The molecule has 30 heavy (non-hydrogen) atoms. The number of nitrogens with zero attached hydrogens (tertiary/aromatic N) is 1. The van der Waals surface area contributed by atoms with Crippen molar-refractivity contribution in [3.63, 3.8) is 0 Å². The summed E-state index contributed by atoms with van der Waals surface area (Å²) in [6.07, 6.45) is 1.29. The Morgan fingerprint density at radius 1 is 1.10 bits per heavy atom. The Morgan fingerprint density at radius 2 is 1.83 bits per heavy atom. The second-order valence-corrected chi connectivity index (χ2v) is 7.97. The van der Waals surface area contributed by atoms with Crippen LogP contribution in [0, 0.1) is 5.92 Å². The highest BCUT2D eigenvalue weighted by atomic mass is 16.5. The lowest BCUT2D eigenvalue weighted by molar-refractivity contribution is -0.126. The van der Waals surface area contributed by atoms with Crippen molar-refractivity contribution in [3.8, 4) is 11.5 Å². The monoisotopic (exact) mass is 410 g/mol. The number of fused-ring (bicyclic) bond motifs is 1. The van der Waals surface area contributed by atoms with E-state index >= 15 is 0 Å². The van der Waals surface area contributed by atoms with E-state index in [-0.39, 0.29) is 11.8 Å². The van der Waals surface area contributed by atoms with Gasteiger partial charge in [0, 0.05) is 18.7 Å². The standard InChI is InChI=1S/C24H30N2O4/c1-16(2)13-20(26-15-18-7-5-6-8-19(18)24(26)28)23(27)25-12-11-17-9-10-21(29-3)22(14-17)30-4/h5-10,14,16,20H,11-13,15H2,1-4H3,(H,25,27). The zero-order valence-corrected chi connectivity index (χ0v) is 18.1. The first-order valence-corrected chi connectivity index (χ1v) is 10.3. The fourth-order valence-corrected chi connectivity index (χ4v) is 3.83. The van der Waals surface area contributed by atoms with Gasteiger partial charge in [-0.05, 0) is 48.1 Å². The largest absolute Gasteiger partial charge is 0.493 e. The predicted molar refractivity (Wildman–Crippen MR) is 116 cm³/mol. The summed E-state index contributed by atoms with van der Waals surface area (Å²) < 4.78 is 10.6. The first-order valence-electron chi connectivity index (χ1n) is 10.3. The summed E-state index contributed by atoms with van der Waals surface area (Å²) in [6.45, 7) is 5.10. The van der Waals surface area contributed by atoms with Crippen molar-refractivity contribution >= 4 is 11.8 Å². The van der Waals surface area contributed by atoms with Crippen LogP contribution in [0.25, 0.3) is 0 Å². The molecule has 160 valence electrons. The molecule has 0 bridgehead atoms. The molecule has 0 radical (unpaired) electrons. The van der Waals surface area contributed by atoms with Crippen molar-refractivity contribution in [2.75, 3.05) is 20.8 Å². The highest BCUT2D eigenvalue weighted by molar-refractivity contribution is 6.01. The molecule has 2 aromatic rings. The molecule has 6 heteroatoms. The summed E-state index contributed by atoms with van der Waals surface area (Å²) in [5, 5.41) is 3.02. The fraction of sp³-hybridized carbons (Fsp3) is 0.417. The molecule has 1 unspecified atom stereocenters. The van der Waals surface area contributed by atoms with E-state index in [0.717, 1.165) is 11.1 Å². The molecule has 0 spiro atoms. The van der Waals surface area contributed by atoms with Gasteiger partial charge in [-0.25, -0.2) is 0 Å². The first kappa shape index (κ1) is 21.7. The van der Waals surface area contributed by atoms with Crippen LogP contribution in [0.2, 0.25) is 0 Å². The van der Waals surface area contributed by atoms with Crippen LogP contribution < -0.4 is 14.8 Å². The van der Waals surface area contributed by atoms with Crippen LogP contribution in [0.15, 0.2) is 42.5 Å². The number of nitrogens with one attached hydrogen (secondary N) is 1. The molecule has 1 heterocycles. The van der Waals surface area contributed by atoms with Gasteiger partial charge in [-0.2, -0.15) is 0 Å². The average Bonchev–Trinajstić information content (AvgIpc) is 3.08. The number of hydrogen-bond donors (Lipinski definition) is 1. The Morgan fingerprint density at radius 3 is 2.50 bits per heavy atom. The maximum Gasteiger partial charge on any atom is 0.255 e. The number of rotatable bonds is 9. The van der Waals surface area contributed by atoms with Crippen LogP contribution in [-0.2, 0) is 17.8 Å². The molecule has 3 rings (SSSR count). The molecule has 1 aliphatic heterocycles. The van der Waals surface area contributed by atoms with Gasteiger partial charge in [0.15, 0.2) is 11.5 Å². The maximum atomic E-state index is 13.0. The van der Waals surface area contributed by atoms with Gasteiger partial charge in [0.2, 0.25) is 5.91 Å². The molecule has 2 aromatic carbocycles. The van der Waals surface area contributed by atoms with Gasteiger partial charge in [-0.3, -0.25) is 9.59 Å². The molecule has 6 nitrogen and oxygen atoms in total. The van der Waals surface area contributed by atoms with E-state index < -0.39 is 6.04 Å². The first-order chi connectivity index (χ1) is 14.4. The lowest BCUT2D eigenvalue weighted by Gasteiger charge is -2.28. The Hall–Kier alpha value is -3.02. The smallest absolute Gasteiger partial charge is 0.255 e. The van der Waals surface area contributed by atoms with Crippen molar-refractivity contribution in [1.29, 1.82) is 0 Å². The second kappa shape index (κ2) is 9.65. The van der Waals surface area contributed by atoms with Gasteiger partial charge in [0.25, 0.3) is 5.91 Å². The topological polar surface area (TPSA) is 67.9 Å². The van der Waals surface area contributed by atoms with E-state index in [0.29, 0.717) is 48.9 Å². The SMILES string of the molecule is COc1ccc(CCNC(=O)C(CC(C)C)N2Cc3ccccc3C2=O)cc1OC. The molecule has 1 N–H and O–H groups in total. The zero-order valence-electron chi connectivity index (χ0n) is 18.1. The molecule has 0 aromatic heterocycles. The van der Waals surface area contributed by atoms with E-state index in [4.69, 9.17) is 9.47 Å². The summed E-state index contributed by atoms with van der Waals surface area (Å²) in [7, 11) is 3.20. The van der Waals surface area contributed by atoms with Crippen LogP contribution in [0.1, 0.15) is 41.8 Å². The minimum Gasteiger partial charge on any atom is -0.493 e. The number of hydrogen-bond acceptors (Lipinski definition) is 4. The molecule has 0 fully saturated rings. The number of methoxy groups -OCH3 is 2. The van der Waals surface area contributed by atoms with Crippen molar-refractivity contribution in [3.05, 3.63) is 59.2 Å². The molecular formula is C24H30N2O4. The van der Waals surface area contributed by atoms with Crippen LogP contribution in [0.3, 0.4) is 0 Å². The van der Waals surface area contributed by atoms with Crippen molar-refractivity contribution in [1.82, 2.24) is 10.2 Å². The van der Waals surface area contributed by atoms with Crippen molar-refractivity contribution in [2.45, 2.75) is 39.3 Å². The Balaban J connectivity index is 1.65. The lowest BCUT2D eigenvalue weighted by Crippen LogP contribution is -2.48. The number of benzene rings is 2. The van der Waals surface area contributed by atoms with Crippen LogP contribution in [0.5, 0.6) is 11.5 Å². The van der Waals surface area contributed by atoms with Crippen molar-refractivity contribution in [2.24, 2.45) is 5.92 Å². The summed E-state index contributed by atoms with van der Waals surface area (Å²) in [5.41, 5.74) is 2.72. The van der Waals surface area contributed by atoms with Gasteiger partial charge in [-0.15, -0.1) is 0 Å². The third-order valence-electron chi connectivity index (χ3n) is 5.38. The Kier molecular flexibility index (Phi) is 6.98. The van der Waals surface area contributed by atoms with Crippen LogP contribution in [0.4, 0.5) is 0 Å². The number of amides is 2. The third kappa shape index (κ3) is 4.75. The van der Waals surface area contributed by atoms with Gasteiger partial charge < -0.3 is 19.7 Å². The highest BCUT2D eigenvalue weighted by Gasteiger charge is 2.36. The van der Waals surface area contributed by atoms with Gasteiger partial charge in [0.05, 0.1) is 14.2 Å². The average molecular weight is 411 g/mol. The highest BCUT2D eigenvalue weighted by Crippen LogP contribution is 2.28. The molecule has 2 amide bonds. The van der Waals surface area contributed by atoms with Gasteiger partial charge >= 0.3 is 0 Å². The normalized spacial score (nSPS) is 13.9. The molecular weight excluding hydrogens is 380 g/mol. The summed E-state index contributed by atoms with van der Waals surface area (Å²) in [5.74, 6) is 1.47. The number of ether oxygens (including phenoxy) is 2. The van der Waals surface area contributed by atoms with E-state index in [1.165, 1.54) is 0 Å². The van der Waals surface area contributed by atoms with Gasteiger partial charge in [-0.1, -0.05) is 38.1 Å². The zero-order chi connectivity index (χ0) is 21.7. The summed E-state index contributed by atoms with van der Waals surface area (Å²) in [4.78, 5) is 27.6. The Labute approximate surface area is 178 Å². The molecule has 1 atom stereocenters. The molecule has 1 aliphatic rings. The quantitative estimate of drug-likeness (QED) is 0.688. The van der Waals surface area contributed by atoms with Crippen molar-refractivity contribution < 1.29 is 19.1 Å². The minimum absolute atomic E-state index is 0.0636. The minimum atomic E-state index is -0.477. The van der Waals surface area contributed by atoms with Crippen LogP contribution in [-0.4, -0.2) is 43.5 Å². The van der Waals surface area contributed by atoms with E-state index in [1.54, 1.807) is 19.1 Å². The van der Waals surface area contributed by atoms with E-state index in [2.05, 4.69) is 19.2 Å². The van der Waals surface area contributed by atoms with Crippen LogP contribution >= 0.6 is 0 Å². The maximum absolute atomic E-state index is 13.0. The Bertz CT molecular complexity index is 910. The number of carbonyl (C=O) groups is 2. The fourth-order valence-electron chi connectivity index (χ4n) is 3.83. The number of carbonyl (C=O) groups excluding carboxylic acids is 2. The molecule has 0 aliphatic carbocycles. The third-order valence-corrected chi connectivity index (χ3v) is 5.38. The van der Waals surface area contributed by atoms with E-state index in [1.807, 2.05) is 42.5 Å². The second-order valence-electron chi connectivity index (χ2n) is 7.97. The predicted octanol–water partition coefficient (Wildman–Crippen LogP) is 3.43. The summed E-state index contributed by atoms with van der Waals surface area (Å²) in [6, 6.07) is 12.8.